The van der Waals surface area contributed by atoms with E-state index in [1.54, 1.807) is 0 Å². The van der Waals surface area contributed by atoms with Gasteiger partial charge >= 0.3 is 5.97 Å². The quantitative estimate of drug-likeness (QED) is 0.0569. The highest BCUT2D eigenvalue weighted by molar-refractivity contribution is 7.98. The molecule has 0 heterocycles. The molecule has 4 unspecified atom stereocenters. The first-order valence-corrected chi connectivity index (χ1v) is 12.6. The van der Waals surface area contributed by atoms with E-state index in [1.807, 2.05) is 6.26 Å². The number of thioether (sulfide) groups is 1. The molecule has 0 spiro atoms. The standard InChI is InChI=1S/C20H40N8O5S/c1-12(22)16(29)26-13(6-3-4-9-21)17(30)27-14(8-11-34-2)18(31)28-15(19(32)33)7-5-10-25-20(23)24/h12-15H,3-11,21-22H2,1-2H3,(H,26,29)(H,27,30)(H,28,31)(H,32,33)(H4,23,24,25). The summed E-state index contributed by atoms with van der Waals surface area (Å²) in [4.78, 5) is 53.2. The topological polar surface area (TPSA) is 241 Å². The molecule has 0 aliphatic heterocycles. The molecule has 0 aromatic rings. The Morgan fingerprint density at radius 1 is 0.882 bits per heavy atom. The van der Waals surface area contributed by atoms with E-state index in [2.05, 4.69) is 20.9 Å². The van der Waals surface area contributed by atoms with Crippen molar-refractivity contribution in [1.29, 1.82) is 0 Å². The predicted molar refractivity (Wildman–Crippen MR) is 133 cm³/mol. The van der Waals surface area contributed by atoms with Crippen molar-refractivity contribution in [2.75, 3.05) is 25.1 Å². The summed E-state index contributed by atoms with van der Waals surface area (Å²) in [6, 6.07) is -3.86. The molecule has 0 saturated heterocycles. The van der Waals surface area contributed by atoms with Gasteiger partial charge in [0.1, 0.15) is 18.1 Å². The van der Waals surface area contributed by atoms with Gasteiger partial charge in [-0.15, -0.1) is 0 Å². The average molecular weight is 505 g/mol. The van der Waals surface area contributed by atoms with Gasteiger partial charge in [0.25, 0.3) is 0 Å². The molecule has 0 rings (SSSR count). The Labute approximate surface area is 204 Å². The number of aliphatic imine (C=N–C) groups is 1. The Morgan fingerprint density at radius 3 is 1.91 bits per heavy atom. The van der Waals surface area contributed by atoms with Gasteiger partial charge in [-0.3, -0.25) is 19.4 Å². The largest absolute Gasteiger partial charge is 0.480 e. The van der Waals surface area contributed by atoms with Crippen molar-refractivity contribution in [3.63, 3.8) is 0 Å². The number of unbranched alkanes of at least 4 members (excludes halogenated alkanes) is 1. The van der Waals surface area contributed by atoms with E-state index in [1.165, 1.54) is 18.7 Å². The van der Waals surface area contributed by atoms with E-state index in [0.717, 1.165) is 0 Å². The maximum Gasteiger partial charge on any atom is 0.326 e. The molecule has 0 aliphatic carbocycles. The number of nitrogens with zero attached hydrogens (tertiary/aromatic N) is 1. The number of nitrogens with one attached hydrogen (secondary N) is 3. The SMILES string of the molecule is CSCCC(NC(=O)C(CCCCN)NC(=O)C(C)N)C(=O)NC(CCCN=C(N)N)C(=O)O. The van der Waals surface area contributed by atoms with Crippen LogP contribution in [0.2, 0.25) is 0 Å². The van der Waals surface area contributed by atoms with Gasteiger partial charge in [-0.2, -0.15) is 11.8 Å². The summed E-state index contributed by atoms with van der Waals surface area (Å²) >= 11 is 1.47. The monoisotopic (exact) mass is 504 g/mol. The van der Waals surface area contributed by atoms with Crippen molar-refractivity contribution >= 4 is 41.4 Å². The molecule has 0 fully saturated rings. The van der Waals surface area contributed by atoms with Crippen LogP contribution in [-0.2, 0) is 19.2 Å². The zero-order chi connectivity index (χ0) is 26.1. The van der Waals surface area contributed by atoms with Gasteiger partial charge in [-0.1, -0.05) is 0 Å². The fraction of sp³-hybridized carbons (Fsp3) is 0.750. The molecule has 0 saturated carbocycles. The Kier molecular flexibility index (Phi) is 16.5. The number of aliphatic carboxylic acids is 1. The molecule has 0 aromatic heterocycles. The van der Waals surface area contributed by atoms with Crippen LogP contribution >= 0.6 is 11.8 Å². The molecule has 12 N–H and O–H groups in total. The van der Waals surface area contributed by atoms with Crippen molar-refractivity contribution in [3.8, 4) is 0 Å². The molecule has 34 heavy (non-hydrogen) atoms. The van der Waals surface area contributed by atoms with Crippen LogP contribution in [0.5, 0.6) is 0 Å². The fourth-order valence-corrected chi connectivity index (χ4v) is 3.35. The van der Waals surface area contributed by atoms with Crippen molar-refractivity contribution in [2.24, 2.45) is 27.9 Å². The molecule has 4 atom stereocenters. The highest BCUT2D eigenvalue weighted by atomic mass is 32.2. The highest BCUT2D eigenvalue weighted by Crippen LogP contribution is 2.07. The van der Waals surface area contributed by atoms with Crippen LogP contribution < -0.4 is 38.9 Å². The Morgan fingerprint density at radius 2 is 1.41 bits per heavy atom. The number of guanidine groups is 1. The van der Waals surface area contributed by atoms with E-state index < -0.39 is 47.9 Å². The van der Waals surface area contributed by atoms with Crippen LogP contribution in [-0.4, -0.2) is 84.0 Å². The predicted octanol–water partition coefficient (Wildman–Crippen LogP) is -2.19. The lowest BCUT2D eigenvalue weighted by Gasteiger charge is -2.25. The number of carbonyl (C=O) groups excluding carboxylic acids is 3. The van der Waals surface area contributed by atoms with Crippen molar-refractivity contribution in [3.05, 3.63) is 0 Å². The van der Waals surface area contributed by atoms with Crippen molar-refractivity contribution < 1.29 is 24.3 Å². The molecule has 0 bridgehead atoms. The molecule has 0 aromatic carbocycles. The normalized spacial score (nSPS) is 14.2. The maximum absolute atomic E-state index is 12.9. The smallest absolute Gasteiger partial charge is 0.326 e. The lowest BCUT2D eigenvalue weighted by Crippen LogP contribution is -2.57. The first-order valence-electron chi connectivity index (χ1n) is 11.2. The number of carboxylic acids is 1. The Balaban J connectivity index is 5.32. The number of amides is 3. The molecule has 3 amide bonds. The van der Waals surface area contributed by atoms with Crippen LogP contribution in [0.3, 0.4) is 0 Å². The summed E-state index contributed by atoms with van der Waals surface area (Å²) < 4.78 is 0. The lowest BCUT2D eigenvalue weighted by atomic mass is 10.1. The Bertz CT molecular complexity index is 688. The highest BCUT2D eigenvalue weighted by Gasteiger charge is 2.29. The second-order valence-electron chi connectivity index (χ2n) is 7.83. The van der Waals surface area contributed by atoms with Crippen LogP contribution in [0.25, 0.3) is 0 Å². The van der Waals surface area contributed by atoms with Crippen LogP contribution in [0.4, 0.5) is 0 Å². The minimum atomic E-state index is -1.21. The van der Waals surface area contributed by atoms with E-state index in [9.17, 15) is 24.3 Å². The van der Waals surface area contributed by atoms with Crippen LogP contribution in [0, 0.1) is 0 Å². The Hall–Kier alpha value is -2.58. The van der Waals surface area contributed by atoms with Gasteiger partial charge in [-0.05, 0) is 64.0 Å². The molecule has 14 heteroatoms. The number of carbonyl (C=O) groups is 4. The van der Waals surface area contributed by atoms with Crippen LogP contribution in [0.1, 0.15) is 45.4 Å². The third-order valence-corrected chi connectivity index (χ3v) is 5.44. The van der Waals surface area contributed by atoms with Gasteiger partial charge in [0.15, 0.2) is 5.96 Å². The summed E-state index contributed by atoms with van der Waals surface area (Å²) in [7, 11) is 0. The van der Waals surface area contributed by atoms with Gasteiger partial charge in [0, 0.05) is 6.54 Å². The van der Waals surface area contributed by atoms with Gasteiger partial charge < -0.3 is 44.0 Å². The summed E-state index contributed by atoms with van der Waals surface area (Å²) in [6.07, 6.45) is 4.13. The van der Waals surface area contributed by atoms with Gasteiger partial charge in [0.05, 0.1) is 6.04 Å². The number of hydrogen-bond acceptors (Lipinski definition) is 8. The molecule has 13 nitrogen and oxygen atoms in total. The fourth-order valence-electron chi connectivity index (χ4n) is 2.87. The number of hydrogen-bond donors (Lipinski definition) is 8. The van der Waals surface area contributed by atoms with Crippen molar-refractivity contribution in [1.82, 2.24) is 16.0 Å². The number of rotatable bonds is 18. The molecular formula is C20H40N8O5S. The molecule has 196 valence electrons. The summed E-state index contributed by atoms with van der Waals surface area (Å²) in [5, 5.41) is 17.2. The van der Waals surface area contributed by atoms with E-state index in [4.69, 9.17) is 22.9 Å². The van der Waals surface area contributed by atoms with E-state index in [-0.39, 0.29) is 25.3 Å². The van der Waals surface area contributed by atoms with E-state index in [0.29, 0.717) is 38.0 Å². The summed E-state index contributed by atoms with van der Waals surface area (Å²) in [5.74, 6) is -2.44. The van der Waals surface area contributed by atoms with Gasteiger partial charge in [-0.25, -0.2) is 4.79 Å². The van der Waals surface area contributed by atoms with E-state index >= 15 is 0 Å². The summed E-state index contributed by atoms with van der Waals surface area (Å²) in [6.45, 7) is 2.16. The average Bonchev–Trinajstić information content (AvgIpc) is 2.77. The third kappa shape index (κ3) is 13.9. The second-order valence-corrected chi connectivity index (χ2v) is 8.81. The number of nitrogens with two attached hydrogens (primary N) is 4. The van der Waals surface area contributed by atoms with Crippen LogP contribution in [0.15, 0.2) is 4.99 Å². The first-order chi connectivity index (χ1) is 16.0. The zero-order valence-corrected chi connectivity index (χ0v) is 20.7. The molecular weight excluding hydrogens is 464 g/mol. The molecule has 0 aliphatic rings. The van der Waals surface area contributed by atoms with Gasteiger partial charge in [0.2, 0.25) is 17.7 Å². The minimum Gasteiger partial charge on any atom is -0.480 e. The first kappa shape index (κ1) is 31.4. The zero-order valence-electron chi connectivity index (χ0n) is 19.9. The van der Waals surface area contributed by atoms with Crippen molar-refractivity contribution in [2.45, 2.75) is 69.6 Å². The maximum atomic E-state index is 12.9. The lowest BCUT2D eigenvalue weighted by molar-refractivity contribution is -0.142. The molecule has 0 radical (unpaired) electrons. The third-order valence-electron chi connectivity index (χ3n) is 4.80. The number of carboxylic acid groups (broad SMARTS) is 1. The minimum absolute atomic E-state index is 0.104. The summed E-state index contributed by atoms with van der Waals surface area (Å²) in [5.41, 5.74) is 21.6. The second kappa shape index (κ2) is 17.8.